The summed E-state index contributed by atoms with van der Waals surface area (Å²) in [5.41, 5.74) is 1.62. The molecule has 4 rings (SSSR count). The summed E-state index contributed by atoms with van der Waals surface area (Å²) in [6.07, 6.45) is 0.594. The molecule has 0 aromatic heterocycles. The highest BCUT2D eigenvalue weighted by Gasteiger charge is 2.54. The third-order valence-corrected chi connectivity index (χ3v) is 5.69. The molecule has 1 fully saturated rings. The molecule has 0 N–H and O–H groups in total. The van der Waals surface area contributed by atoms with Crippen molar-refractivity contribution >= 4 is 17.5 Å². The number of methoxy groups -OCH3 is 2. The molecule has 2 aliphatic heterocycles. The molecule has 27 heavy (non-hydrogen) atoms. The Labute approximate surface area is 158 Å². The largest absolute Gasteiger partial charge is 0.497 e. The first-order chi connectivity index (χ1) is 13.0. The maximum absolute atomic E-state index is 13.1. The van der Waals surface area contributed by atoms with Crippen molar-refractivity contribution in [3.05, 3.63) is 53.6 Å². The number of rotatable bonds is 3. The normalized spacial score (nSPS) is 20.9. The van der Waals surface area contributed by atoms with E-state index in [2.05, 4.69) is 0 Å². The molecule has 1 spiro atoms. The summed E-state index contributed by atoms with van der Waals surface area (Å²) in [5, 5.41) is 0. The second-order valence-corrected chi connectivity index (χ2v) is 7.01. The van der Waals surface area contributed by atoms with Gasteiger partial charge in [-0.2, -0.15) is 0 Å². The molecular formula is C21H22N2O4. The van der Waals surface area contributed by atoms with Gasteiger partial charge in [-0.1, -0.05) is 12.1 Å². The first-order valence-electron chi connectivity index (χ1n) is 8.91. The smallest absolute Gasteiger partial charge is 0.257 e. The lowest BCUT2D eigenvalue weighted by atomic mass is 9.81. The molecule has 0 radical (unpaired) electrons. The third-order valence-electron chi connectivity index (χ3n) is 5.69. The van der Waals surface area contributed by atoms with Crippen molar-refractivity contribution in [1.29, 1.82) is 0 Å². The number of hydrogen-bond acceptors (Lipinski definition) is 4. The summed E-state index contributed by atoms with van der Waals surface area (Å²) in [5.74, 6) is 1.17. The fraction of sp³-hybridized carbons (Fsp3) is 0.333. The van der Waals surface area contributed by atoms with E-state index in [1.165, 1.54) is 0 Å². The number of fused-ring (bicyclic) bond motifs is 2. The van der Waals surface area contributed by atoms with E-state index in [9.17, 15) is 9.59 Å². The van der Waals surface area contributed by atoms with Gasteiger partial charge in [-0.05, 0) is 42.3 Å². The van der Waals surface area contributed by atoms with Crippen molar-refractivity contribution in [2.75, 3.05) is 39.3 Å². The molecule has 2 heterocycles. The molecule has 0 aliphatic carbocycles. The molecule has 6 heteroatoms. The highest BCUT2D eigenvalue weighted by atomic mass is 16.5. The molecule has 1 saturated heterocycles. The summed E-state index contributed by atoms with van der Waals surface area (Å²) in [4.78, 5) is 29.7. The van der Waals surface area contributed by atoms with Crippen LogP contribution in [-0.4, -0.2) is 51.1 Å². The molecule has 6 nitrogen and oxygen atoms in total. The number of carbonyl (C=O) groups is 2. The number of benzene rings is 2. The Hall–Kier alpha value is -3.02. The first kappa shape index (κ1) is 17.4. The van der Waals surface area contributed by atoms with E-state index in [-0.39, 0.29) is 11.8 Å². The van der Waals surface area contributed by atoms with Crippen LogP contribution in [-0.2, 0) is 10.2 Å². The maximum atomic E-state index is 13.1. The van der Waals surface area contributed by atoms with E-state index in [0.717, 1.165) is 11.3 Å². The predicted octanol–water partition coefficient (Wildman–Crippen LogP) is 2.46. The van der Waals surface area contributed by atoms with Gasteiger partial charge in [-0.3, -0.25) is 9.59 Å². The van der Waals surface area contributed by atoms with Crippen molar-refractivity contribution in [3.8, 4) is 11.5 Å². The van der Waals surface area contributed by atoms with Gasteiger partial charge < -0.3 is 19.3 Å². The van der Waals surface area contributed by atoms with E-state index in [1.54, 1.807) is 43.2 Å². The number of ether oxygens (including phenoxy) is 2. The lowest BCUT2D eigenvalue weighted by Crippen LogP contribution is -2.42. The van der Waals surface area contributed by atoms with Crippen LogP contribution in [0.4, 0.5) is 5.69 Å². The van der Waals surface area contributed by atoms with Gasteiger partial charge in [0.15, 0.2) is 0 Å². The predicted molar refractivity (Wildman–Crippen MR) is 102 cm³/mol. The zero-order chi connectivity index (χ0) is 19.2. The highest BCUT2D eigenvalue weighted by molar-refractivity contribution is 6.09. The molecule has 2 aromatic carbocycles. The van der Waals surface area contributed by atoms with Crippen molar-refractivity contribution in [2.45, 2.75) is 11.8 Å². The number of nitrogens with zero attached hydrogens (tertiary/aromatic N) is 2. The summed E-state index contributed by atoms with van der Waals surface area (Å²) in [6, 6.07) is 12.9. The van der Waals surface area contributed by atoms with E-state index in [1.807, 2.05) is 30.3 Å². The minimum absolute atomic E-state index is 0.0288. The van der Waals surface area contributed by atoms with Crippen LogP contribution in [0, 0.1) is 0 Å². The van der Waals surface area contributed by atoms with Crippen LogP contribution in [0.5, 0.6) is 11.5 Å². The first-order valence-corrected chi connectivity index (χ1v) is 8.91. The molecule has 0 bridgehead atoms. The van der Waals surface area contributed by atoms with E-state index in [0.29, 0.717) is 36.6 Å². The van der Waals surface area contributed by atoms with Crippen molar-refractivity contribution in [1.82, 2.24) is 4.90 Å². The van der Waals surface area contributed by atoms with Crippen LogP contribution < -0.4 is 14.4 Å². The number of anilines is 1. The second kappa shape index (κ2) is 6.30. The number of carbonyl (C=O) groups excluding carboxylic acids is 2. The number of hydrogen-bond donors (Lipinski definition) is 0. The number of likely N-dealkylation sites (N-methyl/N-ethyl adjacent to an activating group) is 1. The lowest BCUT2D eigenvalue weighted by molar-refractivity contribution is -0.122. The Kier molecular flexibility index (Phi) is 4.06. The molecule has 2 aliphatic rings. The summed E-state index contributed by atoms with van der Waals surface area (Å²) in [7, 11) is 4.95. The Balaban J connectivity index is 1.70. The van der Waals surface area contributed by atoms with Gasteiger partial charge in [-0.25, -0.2) is 0 Å². The maximum Gasteiger partial charge on any atom is 0.257 e. The molecule has 0 saturated carbocycles. The second-order valence-electron chi connectivity index (χ2n) is 7.01. The molecular weight excluding hydrogens is 344 g/mol. The minimum atomic E-state index is -0.712. The number of likely N-dealkylation sites (tertiary alicyclic amines) is 1. The summed E-state index contributed by atoms with van der Waals surface area (Å²) < 4.78 is 10.7. The quantitative estimate of drug-likeness (QED) is 0.837. The van der Waals surface area contributed by atoms with Gasteiger partial charge in [0, 0.05) is 25.8 Å². The van der Waals surface area contributed by atoms with Crippen LogP contribution in [0.15, 0.2) is 42.5 Å². The Bertz CT molecular complexity index is 926. The van der Waals surface area contributed by atoms with Crippen LogP contribution in [0.3, 0.4) is 0 Å². The Morgan fingerprint density at radius 1 is 1.11 bits per heavy atom. The topological polar surface area (TPSA) is 59.1 Å². The van der Waals surface area contributed by atoms with E-state index in [4.69, 9.17) is 9.47 Å². The third kappa shape index (κ3) is 2.47. The van der Waals surface area contributed by atoms with Gasteiger partial charge in [0.05, 0.1) is 25.2 Å². The molecule has 0 unspecified atom stereocenters. The Morgan fingerprint density at radius 2 is 1.89 bits per heavy atom. The van der Waals surface area contributed by atoms with Crippen LogP contribution >= 0.6 is 0 Å². The van der Waals surface area contributed by atoms with E-state index >= 15 is 0 Å². The molecule has 2 aromatic rings. The molecule has 2 amide bonds. The van der Waals surface area contributed by atoms with Crippen molar-refractivity contribution < 1.29 is 19.1 Å². The monoisotopic (exact) mass is 366 g/mol. The Morgan fingerprint density at radius 3 is 2.63 bits per heavy atom. The fourth-order valence-corrected chi connectivity index (χ4v) is 4.23. The van der Waals surface area contributed by atoms with Crippen molar-refractivity contribution in [3.63, 3.8) is 0 Å². The van der Waals surface area contributed by atoms with Gasteiger partial charge in [0.25, 0.3) is 5.91 Å². The zero-order valence-electron chi connectivity index (χ0n) is 15.7. The average molecular weight is 366 g/mol. The van der Waals surface area contributed by atoms with Gasteiger partial charge >= 0.3 is 0 Å². The van der Waals surface area contributed by atoms with Gasteiger partial charge in [0.1, 0.15) is 11.5 Å². The van der Waals surface area contributed by atoms with Crippen LogP contribution in [0.2, 0.25) is 0 Å². The fourth-order valence-electron chi connectivity index (χ4n) is 4.23. The average Bonchev–Trinajstić information content (AvgIpc) is 3.25. The van der Waals surface area contributed by atoms with E-state index < -0.39 is 5.41 Å². The lowest BCUT2D eigenvalue weighted by Gasteiger charge is -2.24. The summed E-state index contributed by atoms with van der Waals surface area (Å²) >= 11 is 0. The number of amides is 2. The van der Waals surface area contributed by atoms with Gasteiger partial charge in [0.2, 0.25) is 5.91 Å². The van der Waals surface area contributed by atoms with Gasteiger partial charge in [-0.15, -0.1) is 0 Å². The minimum Gasteiger partial charge on any atom is -0.497 e. The zero-order valence-corrected chi connectivity index (χ0v) is 15.7. The summed E-state index contributed by atoms with van der Waals surface area (Å²) in [6.45, 7) is 0.875. The highest BCUT2D eigenvalue weighted by Crippen LogP contribution is 2.48. The van der Waals surface area contributed by atoms with Crippen molar-refractivity contribution in [2.24, 2.45) is 0 Å². The number of para-hydroxylation sites is 1. The SMILES string of the molecule is COc1ccc2c(c1)[C@]1(CCN(C(=O)c3ccccc3OC)C1)C(=O)N2C. The van der Waals surface area contributed by atoms with Crippen LogP contribution in [0.25, 0.3) is 0 Å². The molecule has 140 valence electrons. The van der Waals surface area contributed by atoms with Crippen LogP contribution in [0.1, 0.15) is 22.3 Å². The standard InChI is InChI=1S/C21H22N2O4/c1-22-17-9-8-14(26-2)12-16(17)21(20(22)25)10-11-23(13-21)19(24)15-6-4-5-7-18(15)27-3/h4-9,12H,10-11,13H2,1-3H3/t21-/m1/s1. The molecule has 1 atom stereocenters.